The quantitative estimate of drug-likeness (QED) is 0.787. The van der Waals surface area contributed by atoms with Gasteiger partial charge in [0.15, 0.2) is 5.13 Å². The van der Waals surface area contributed by atoms with Crippen LogP contribution in [0.5, 0.6) is 0 Å². The van der Waals surface area contributed by atoms with Crippen LogP contribution in [0.3, 0.4) is 0 Å². The average molecular weight is 380 g/mol. The summed E-state index contributed by atoms with van der Waals surface area (Å²) in [6.45, 7) is 3.23. The number of aromatic nitrogens is 1. The fourth-order valence-corrected chi connectivity index (χ4v) is 4.19. The molecule has 2 heterocycles. The molecule has 0 radical (unpaired) electrons. The molecule has 0 spiro atoms. The Morgan fingerprint density at radius 1 is 1.15 bits per heavy atom. The lowest BCUT2D eigenvalue weighted by Gasteiger charge is -2.32. The topological polar surface area (TPSA) is 77.6 Å². The van der Waals surface area contributed by atoms with E-state index in [2.05, 4.69) is 27.6 Å². The van der Waals surface area contributed by atoms with Gasteiger partial charge in [-0.1, -0.05) is 25.7 Å². The Hall–Kier alpha value is -1.67. The third-order valence-electron chi connectivity index (χ3n) is 5.12. The first-order valence-corrected chi connectivity index (χ1v) is 10.5. The van der Waals surface area contributed by atoms with Crippen molar-refractivity contribution in [2.75, 3.05) is 38.5 Å². The van der Waals surface area contributed by atoms with Crippen LogP contribution in [-0.4, -0.2) is 66.0 Å². The number of hydrogen-bond acceptors (Lipinski definition) is 5. The second kappa shape index (κ2) is 9.32. The van der Waals surface area contributed by atoms with Crippen molar-refractivity contribution in [1.29, 1.82) is 0 Å². The molecular formula is C18H29N5O2S. The van der Waals surface area contributed by atoms with Crippen molar-refractivity contribution < 1.29 is 9.59 Å². The zero-order valence-corrected chi connectivity index (χ0v) is 16.3. The summed E-state index contributed by atoms with van der Waals surface area (Å²) in [6.07, 6.45) is 7.37. The van der Waals surface area contributed by atoms with E-state index in [4.69, 9.17) is 0 Å². The van der Waals surface area contributed by atoms with Crippen molar-refractivity contribution in [2.24, 2.45) is 0 Å². The first-order chi connectivity index (χ1) is 12.6. The van der Waals surface area contributed by atoms with E-state index >= 15 is 0 Å². The predicted octanol–water partition coefficient (Wildman–Crippen LogP) is 2.30. The van der Waals surface area contributed by atoms with E-state index in [9.17, 15) is 9.59 Å². The molecule has 0 unspecified atom stereocenters. The van der Waals surface area contributed by atoms with Crippen molar-refractivity contribution >= 4 is 28.4 Å². The minimum absolute atomic E-state index is 0.0270. The second-order valence-electron chi connectivity index (χ2n) is 7.30. The number of nitrogens with one attached hydrogen (secondary N) is 2. The lowest BCUT2D eigenvalue weighted by Crippen LogP contribution is -2.48. The van der Waals surface area contributed by atoms with Crippen LogP contribution in [0.25, 0.3) is 0 Å². The van der Waals surface area contributed by atoms with Gasteiger partial charge in [-0.25, -0.2) is 9.78 Å². The van der Waals surface area contributed by atoms with E-state index < -0.39 is 0 Å². The number of thiazole rings is 1. The van der Waals surface area contributed by atoms with Crippen LogP contribution < -0.4 is 10.6 Å². The molecule has 1 saturated heterocycles. The molecule has 0 bridgehead atoms. The number of likely N-dealkylation sites (N-methyl/N-ethyl adjacent to an activating group) is 1. The number of nitrogens with zero attached hydrogens (tertiary/aromatic N) is 3. The predicted molar refractivity (Wildman–Crippen MR) is 104 cm³/mol. The maximum Gasteiger partial charge on any atom is 0.323 e. The van der Waals surface area contributed by atoms with Gasteiger partial charge in [0.25, 0.3) is 0 Å². The average Bonchev–Trinajstić information content (AvgIpc) is 2.88. The second-order valence-corrected chi connectivity index (χ2v) is 8.16. The van der Waals surface area contributed by atoms with Crippen LogP contribution in [0.1, 0.15) is 44.2 Å². The van der Waals surface area contributed by atoms with Gasteiger partial charge in [0.1, 0.15) is 0 Å². The number of carbonyl (C=O) groups is 2. The maximum absolute atomic E-state index is 12.3. The highest BCUT2D eigenvalue weighted by molar-refractivity contribution is 7.13. The molecule has 1 saturated carbocycles. The van der Waals surface area contributed by atoms with Crippen molar-refractivity contribution in [2.45, 2.75) is 51.0 Å². The summed E-state index contributed by atoms with van der Waals surface area (Å²) < 4.78 is 0. The van der Waals surface area contributed by atoms with Gasteiger partial charge in [-0.15, -0.1) is 11.3 Å². The summed E-state index contributed by atoms with van der Waals surface area (Å²) in [5.74, 6) is 0.0270. The standard InChI is InChI=1S/C18H29N5O2S/c1-22-8-10-23(11-9-22)18(25)21-17-20-15(13-26-17)12-16(24)19-14-6-4-2-3-5-7-14/h13-14H,2-12H2,1H3,(H,19,24)(H,20,21,25). The van der Waals surface area contributed by atoms with E-state index in [-0.39, 0.29) is 18.4 Å². The van der Waals surface area contributed by atoms with Crippen LogP contribution in [0, 0.1) is 0 Å². The molecule has 3 amide bonds. The number of piperazine rings is 1. The van der Waals surface area contributed by atoms with E-state index in [1.54, 1.807) is 4.90 Å². The normalized spacial score (nSPS) is 19.8. The molecule has 0 atom stereocenters. The molecule has 1 aromatic heterocycles. The number of carbonyl (C=O) groups excluding carboxylic acids is 2. The molecule has 2 N–H and O–H groups in total. The largest absolute Gasteiger partial charge is 0.353 e. The van der Waals surface area contributed by atoms with E-state index in [0.29, 0.717) is 11.2 Å². The Morgan fingerprint density at radius 2 is 1.85 bits per heavy atom. The highest BCUT2D eigenvalue weighted by Crippen LogP contribution is 2.19. The Bertz CT molecular complexity index is 604. The molecule has 2 aliphatic rings. The van der Waals surface area contributed by atoms with Gasteiger partial charge in [0, 0.05) is 37.6 Å². The van der Waals surface area contributed by atoms with E-state index in [0.717, 1.165) is 44.7 Å². The van der Waals surface area contributed by atoms with E-state index in [1.807, 2.05) is 5.38 Å². The van der Waals surface area contributed by atoms with Gasteiger partial charge in [0.2, 0.25) is 5.91 Å². The van der Waals surface area contributed by atoms with Crippen LogP contribution >= 0.6 is 11.3 Å². The van der Waals surface area contributed by atoms with Crippen LogP contribution in [0.15, 0.2) is 5.38 Å². The Labute approximate surface area is 159 Å². The first kappa shape index (κ1) is 19.1. The summed E-state index contributed by atoms with van der Waals surface area (Å²) in [4.78, 5) is 33.0. The zero-order chi connectivity index (χ0) is 18.4. The summed E-state index contributed by atoms with van der Waals surface area (Å²) in [6, 6.07) is 0.196. The SMILES string of the molecule is CN1CCN(C(=O)Nc2nc(CC(=O)NC3CCCCCC3)cs2)CC1. The Morgan fingerprint density at radius 3 is 2.54 bits per heavy atom. The molecule has 3 rings (SSSR count). The van der Waals surface area contributed by atoms with Crippen LogP contribution in [-0.2, 0) is 11.2 Å². The lowest BCUT2D eigenvalue weighted by molar-refractivity contribution is -0.121. The zero-order valence-electron chi connectivity index (χ0n) is 15.5. The minimum Gasteiger partial charge on any atom is -0.353 e. The summed E-state index contributed by atoms with van der Waals surface area (Å²) >= 11 is 1.37. The Balaban J connectivity index is 1.45. The molecule has 2 fully saturated rings. The van der Waals surface area contributed by atoms with Gasteiger partial charge < -0.3 is 15.1 Å². The molecule has 26 heavy (non-hydrogen) atoms. The van der Waals surface area contributed by atoms with E-state index in [1.165, 1.54) is 37.0 Å². The number of anilines is 1. The van der Waals surface area contributed by atoms with Gasteiger partial charge in [-0.3, -0.25) is 10.1 Å². The number of amides is 3. The smallest absolute Gasteiger partial charge is 0.323 e. The number of rotatable bonds is 4. The monoisotopic (exact) mass is 379 g/mol. The van der Waals surface area contributed by atoms with Gasteiger partial charge in [-0.05, 0) is 19.9 Å². The fraction of sp³-hybridized carbons (Fsp3) is 0.722. The van der Waals surface area contributed by atoms with Crippen molar-refractivity contribution in [3.8, 4) is 0 Å². The van der Waals surface area contributed by atoms with Gasteiger partial charge in [0.05, 0.1) is 12.1 Å². The molecule has 1 aliphatic heterocycles. The molecule has 0 aromatic carbocycles. The fourth-order valence-electron chi connectivity index (χ4n) is 3.49. The minimum atomic E-state index is -0.109. The summed E-state index contributed by atoms with van der Waals surface area (Å²) in [7, 11) is 2.06. The van der Waals surface area contributed by atoms with Crippen molar-refractivity contribution in [1.82, 2.24) is 20.1 Å². The highest BCUT2D eigenvalue weighted by atomic mass is 32.1. The molecule has 1 aromatic rings. The lowest BCUT2D eigenvalue weighted by atomic mass is 10.1. The van der Waals surface area contributed by atoms with Gasteiger partial charge in [-0.2, -0.15) is 0 Å². The summed E-state index contributed by atoms with van der Waals surface area (Å²) in [5, 5.41) is 8.41. The third kappa shape index (κ3) is 5.67. The molecular weight excluding hydrogens is 350 g/mol. The van der Waals surface area contributed by atoms with Crippen molar-refractivity contribution in [3.63, 3.8) is 0 Å². The van der Waals surface area contributed by atoms with Crippen LogP contribution in [0.4, 0.5) is 9.93 Å². The molecule has 7 nitrogen and oxygen atoms in total. The molecule has 8 heteroatoms. The van der Waals surface area contributed by atoms with Crippen LogP contribution in [0.2, 0.25) is 0 Å². The molecule has 1 aliphatic carbocycles. The first-order valence-electron chi connectivity index (χ1n) is 9.58. The maximum atomic E-state index is 12.3. The highest BCUT2D eigenvalue weighted by Gasteiger charge is 2.20. The van der Waals surface area contributed by atoms with Gasteiger partial charge >= 0.3 is 6.03 Å². The third-order valence-corrected chi connectivity index (χ3v) is 5.92. The summed E-state index contributed by atoms with van der Waals surface area (Å²) in [5.41, 5.74) is 0.717. The van der Waals surface area contributed by atoms with Crippen molar-refractivity contribution in [3.05, 3.63) is 11.1 Å². The number of urea groups is 1. The number of hydrogen-bond donors (Lipinski definition) is 2. The molecule has 144 valence electrons. The Kier molecular flexibility index (Phi) is 6.85.